The molecule has 0 bridgehead atoms. The van der Waals surface area contributed by atoms with Crippen molar-refractivity contribution in [2.45, 2.75) is 44.6 Å². The maximum absolute atomic E-state index is 12.1. The minimum absolute atomic E-state index is 0.0619. The van der Waals surface area contributed by atoms with E-state index in [-0.39, 0.29) is 16.4 Å². The molecule has 2 N–H and O–H groups in total. The van der Waals surface area contributed by atoms with E-state index < -0.39 is 21.5 Å². The second-order valence-electron chi connectivity index (χ2n) is 4.68. The first-order chi connectivity index (χ1) is 8.09. The molecule has 102 valence electrons. The summed E-state index contributed by atoms with van der Waals surface area (Å²) in [6.45, 7) is 6.77. The largest absolute Gasteiger partial charge is 0.475 e. The Morgan fingerprint density at radius 1 is 1.50 bits per heavy atom. The molecule has 0 atom stereocenters. The van der Waals surface area contributed by atoms with Crippen molar-refractivity contribution in [3.05, 3.63) is 17.6 Å². The maximum atomic E-state index is 12.1. The number of carboxylic acid groups (broad SMARTS) is 1. The van der Waals surface area contributed by atoms with Gasteiger partial charge in [-0.25, -0.2) is 17.9 Å². The van der Waals surface area contributed by atoms with E-state index >= 15 is 0 Å². The van der Waals surface area contributed by atoms with Gasteiger partial charge in [0.2, 0.25) is 15.8 Å². The van der Waals surface area contributed by atoms with Crippen LogP contribution >= 0.6 is 0 Å². The summed E-state index contributed by atoms with van der Waals surface area (Å²) in [4.78, 5) is 10.6. The summed E-state index contributed by atoms with van der Waals surface area (Å²) < 4.78 is 31.6. The highest BCUT2D eigenvalue weighted by atomic mass is 32.2. The summed E-state index contributed by atoms with van der Waals surface area (Å²) in [5, 5.41) is 8.76. The summed E-state index contributed by atoms with van der Waals surface area (Å²) in [6, 6.07) is 1.02. The van der Waals surface area contributed by atoms with E-state index in [0.717, 1.165) is 6.07 Å². The number of nitrogens with one attached hydrogen (secondary N) is 1. The van der Waals surface area contributed by atoms with Crippen molar-refractivity contribution in [1.82, 2.24) is 4.72 Å². The van der Waals surface area contributed by atoms with Gasteiger partial charge in [-0.15, -0.1) is 0 Å². The van der Waals surface area contributed by atoms with Crippen LogP contribution in [0.1, 0.15) is 43.5 Å². The predicted octanol–water partition coefficient (Wildman–Crippen LogP) is 1.75. The van der Waals surface area contributed by atoms with Crippen LogP contribution in [-0.2, 0) is 10.0 Å². The van der Waals surface area contributed by atoms with Crippen LogP contribution in [0.25, 0.3) is 0 Å². The molecule has 0 aliphatic heterocycles. The van der Waals surface area contributed by atoms with Crippen LogP contribution in [-0.4, -0.2) is 25.0 Å². The highest BCUT2D eigenvalue weighted by molar-refractivity contribution is 7.89. The third-order valence-corrected chi connectivity index (χ3v) is 4.47. The Morgan fingerprint density at radius 2 is 2.06 bits per heavy atom. The quantitative estimate of drug-likeness (QED) is 0.853. The Hall–Kier alpha value is -1.34. The summed E-state index contributed by atoms with van der Waals surface area (Å²) in [5.41, 5.74) is -0.605. The summed E-state index contributed by atoms with van der Waals surface area (Å²) in [7, 11) is -3.78. The van der Waals surface area contributed by atoms with Gasteiger partial charge >= 0.3 is 5.97 Å². The Morgan fingerprint density at radius 3 is 2.44 bits per heavy atom. The lowest BCUT2D eigenvalue weighted by Gasteiger charge is -2.23. The molecule has 0 saturated heterocycles. The van der Waals surface area contributed by atoms with E-state index in [1.54, 1.807) is 13.8 Å². The van der Waals surface area contributed by atoms with Crippen LogP contribution < -0.4 is 4.72 Å². The Bertz CT molecular complexity index is 556. The van der Waals surface area contributed by atoms with Crippen molar-refractivity contribution < 1.29 is 22.7 Å². The molecule has 0 fully saturated rings. The molecule has 0 aromatic carbocycles. The van der Waals surface area contributed by atoms with Gasteiger partial charge in [-0.1, -0.05) is 6.92 Å². The molecule has 0 unspecified atom stereocenters. The SMILES string of the molecule is CCC(C)(C)NS(=O)(=O)c1cc(C(=O)O)oc1C. The smallest absolute Gasteiger partial charge is 0.371 e. The Kier molecular flexibility index (Phi) is 3.87. The molecule has 7 heteroatoms. The number of aryl methyl sites for hydroxylation is 1. The molecule has 0 aliphatic carbocycles. The van der Waals surface area contributed by atoms with E-state index in [4.69, 9.17) is 9.52 Å². The lowest BCUT2D eigenvalue weighted by atomic mass is 10.0. The number of sulfonamides is 1. The number of carboxylic acids is 1. The fourth-order valence-electron chi connectivity index (χ4n) is 1.33. The van der Waals surface area contributed by atoms with Gasteiger partial charge in [0.15, 0.2) is 0 Å². The van der Waals surface area contributed by atoms with Gasteiger partial charge in [0, 0.05) is 11.6 Å². The monoisotopic (exact) mass is 275 g/mol. The third-order valence-electron chi connectivity index (χ3n) is 2.67. The van der Waals surface area contributed by atoms with Gasteiger partial charge in [0.1, 0.15) is 10.7 Å². The highest BCUT2D eigenvalue weighted by Crippen LogP contribution is 2.22. The Balaban J connectivity index is 3.17. The number of rotatable bonds is 5. The molecule has 0 spiro atoms. The molecule has 1 heterocycles. The molecule has 0 saturated carbocycles. The van der Waals surface area contributed by atoms with Crippen molar-refractivity contribution >= 4 is 16.0 Å². The first-order valence-electron chi connectivity index (χ1n) is 5.47. The van der Waals surface area contributed by atoms with Gasteiger partial charge < -0.3 is 9.52 Å². The second kappa shape index (κ2) is 4.74. The molecule has 6 nitrogen and oxygen atoms in total. The Labute approximate surface area is 106 Å². The molecule has 1 aromatic heterocycles. The molecular weight excluding hydrogens is 258 g/mol. The van der Waals surface area contributed by atoms with Crippen molar-refractivity contribution in [3.8, 4) is 0 Å². The zero-order chi connectivity index (χ0) is 14.1. The topological polar surface area (TPSA) is 96.6 Å². The molecule has 0 radical (unpaired) electrons. The van der Waals surface area contributed by atoms with Crippen molar-refractivity contribution in [3.63, 3.8) is 0 Å². The van der Waals surface area contributed by atoms with Crippen LogP contribution in [0, 0.1) is 6.92 Å². The second-order valence-corrected chi connectivity index (χ2v) is 6.33. The molecule has 1 aromatic rings. The number of carbonyl (C=O) groups is 1. The van der Waals surface area contributed by atoms with E-state index in [9.17, 15) is 13.2 Å². The van der Waals surface area contributed by atoms with Crippen molar-refractivity contribution in [2.75, 3.05) is 0 Å². The normalized spacial score (nSPS) is 12.7. The minimum Gasteiger partial charge on any atom is -0.475 e. The summed E-state index contributed by atoms with van der Waals surface area (Å²) >= 11 is 0. The van der Waals surface area contributed by atoms with Gasteiger partial charge in [0.05, 0.1) is 0 Å². The summed E-state index contributed by atoms with van der Waals surface area (Å²) in [6.07, 6.45) is 0.606. The van der Waals surface area contributed by atoms with Crippen LogP contribution in [0.15, 0.2) is 15.4 Å². The van der Waals surface area contributed by atoms with Crippen molar-refractivity contribution in [1.29, 1.82) is 0 Å². The van der Waals surface area contributed by atoms with Gasteiger partial charge in [-0.2, -0.15) is 0 Å². The van der Waals surface area contributed by atoms with Crippen LogP contribution in [0.5, 0.6) is 0 Å². The van der Waals surface area contributed by atoms with Crippen molar-refractivity contribution in [2.24, 2.45) is 0 Å². The molecule has 18 heavy (non-hydrogen) atoms. The highest BCUT2D eigenvalue weighted by Gasteiger charge is 2.29. The van der Waals surface area contributed by atoms with E-state index in [0.29, 0.717) is 6.42 Å². The zero-order valence-corrected chi connectivity index (χ0v) is 11.6. The first-order valence-corrected chi connectivity index (χ1v) is 6.95. The van der Waals surface area contributed by atoms with Gasteiger partial charge in [-0.05, 0) is 27.2 Å². The molecule has 1 rings (SSSR count). The number of furan rings is 1. The fraction of sp³-hybridized carbons (Fsp3) is 0.545. The fourth-order valence-corrected chi connectivity index (χ4v) is 2.99. The standard InChI is InChI=1S/C11H17NO5S/c1-5-11(3,4)12-18(15,16)9-6-8(10(13)14)17-7(9)2/h6,12H,5H2,1-4H3,(H,13,14). The average molecular weight is 275 g/mol. The molecule has 0 amide bonds. The summed E-state index contributed by atoms with van der Waals surface area (Å²) in [5.74, 6) is -1.62. The lowest BCUT2D eigenvalue weighted by molar-refractivity contribution is 0.0661. The van der Waals surface area contributed by atoms with Crippen LogP contribution in [0.3, 0.4) is 0 Å². The zero-order valence-electron chi connectivity index (χ0n) is 10.8. The predicted molar refractivity (Wildman–Crippen MR) is 65.1 cm³/mol. The van der Waals surface area contributed by atoms with Crippen LogP contribution in [0.4, 0.5) is 0 Å². The van der Waals surface area contributed by atoms with E-state index in [1.165, 1.54) is 6.92 Å². The average Bonchev–Trinajstić information content (AvgIpc) is 2.60. The molecular formula is C11H17NO5S. The van der Waals surface area contributed by atoms with Crippen LogP contribution in [0.2, 0.25) is 0 Å². The first kappa shape index (κ1) is 14.7. The van der Waals surface area contributed by atoms with E-state index in [2.05, 4.69) is 4.72 Å². The number of hydrogen-bond acceptors (Lipinski definition) is 4. The van der Waals surface area contributed by atoms with Gasteiger partial charge in [0.25, 0.3) is 0 Å². The number of aromatic carboxylic acids is 1. The molecule has 0 aliphatic rings. The number of hydrogen-bond donors (Lipinski definition) is 2. The van der Waals surface area contributed by atoms with Gasteiger partial charge in [-0.3, -0.25) is 0 Å². The maximum Gasteiger partial charge on any atom is 0.371 e. The van der Waals surface area contributed by atoms with E-state index in [1.807, 2.05) is 6.92 Å². The lowest BCUT2D eigenvalue weighted by Crippen LogP contribution is -2.42. The minimum atomic E-state index is -3.78. The third kappa shape index (κ3) is 3.11.